The van der Waals surface area contributed by atoms with E-state index >= 15 is 0 Å². The molecule has 3 aromatic rings. The largest absolute Gasteiger partial charge is 0.505 e. The third kappa shape index (κ3) is 2.54. The van der Waals surface area contributed by atoms with E-state index in [1.165, 1.54) is 18.3 Å². The molecule has 0 fully saturated rings. The zero-order valence-electron chi connectivity index (χ0n) is 10.4. The fraction of sp³-hybridized carbons (Fsp3) is 0. The molecule has 0 aliphatic rings. The minimum absolute atomic E-state index is 0.260. The molecule has 0 saturated carbocycles. The number of rotatable bonds is 2. The van der Waals surface area contributed by atoms with Crippen LogP contribution in [0.3, 0.4) is 0 Å². The quantitative estimate of drug-likeness (QED) is 0.727. The van der Waals surface area contributed by atoms with E-state index in [0.717, 1.165) is 17.6 Å². The predicted octanol–water partition coefficient (Wildman–Crippen LogP) is 3.82. The van der Waals surface area contributed by atoms with E-state index in [0.29, 0.717) is 21.6 Å². The van der Waals surface area contributed by atoms with Crippen LogP contribution in [0.5, 0.6) is 5.75 Å². The van der Waals surface area contributed by atoms with Crippen molar-refractivity contribution in [3.8, 4) is 11.8 Å². The van der Waals surface area contributed by atoms with Crippen molar-refractivity contribution in [2.24, 2.45) is 10.2 Å². The number of pyridine rings is 1. The third-order valence-electron chi connectivity index (χ3n) is 2.63. The van der Waals surface area contributed by atoms with Crippen LogP contribution in [0.4, 0.5) is 15.1 Å². The fourth-order valence-corrected chi connectivity index (χ4v) is 2.26. The van der Waals surface area contributed by atoms with Gasteiger partial charge in [-0.3, -0.25) is 0 Å². The van der Waals surface area contributed by atoms with E-state index < -0.39 is 11.6 Å². The van der Waals surface area contributed by atoms with E-state index in [4.69, 9.17) is 10.4 Å². The fourth-order valence-electron chi connectivity index (χ4n) is 1.62. The number of phenols is 1. The predicted molar refractivity (Wildman–Crippen MR) is 74.4 cm³/mol. The molecule has 0 saturated heterocycles. The summed E-state index contributed by atoms with van der Waals surface area (Å²) >= 11 is 1.08. The number of benzene rings is 1. The lowest BCUT2D eigenvalue weighted by molar-refractivity contribution is 0.432. The number of nitriles is 1. The van der Waals surface area contributed by atoms with Crippen molar-refractivity contribution >= 4 is 33.3 Å². The van der Waals surface area contributed by atoms with Gasteiger partial charge in [-0.05, 0) is 29.7 Å². The third-order valence-corrected chi connectivity index (χ3v) is 3.37. The summed E-state index contributed by atoms with van der Waals surface area (Å²) in [5.41, 5.74) is 1.14. The molecule has 0 radical (unpaired) electrons. The normalized spacial score (nSPS) is 11.0. The number of azo groups is 1. The standard InChI is InChI=1S/C13H6FN5OS/c14-10-4-8(1-2-11(10)20)17-18-13-9-3-7(5-15)6-16-12(9)19-21-13/h1-4,6,20H/b18-17+. The van der Waals surface area contributed by atoms with Crippen LogP contribution >= 0.6 is 11.5 Å². The number of hydrogen-bond donors (Lipinski definition) is 1. The number of nitrogens with zero attached hydrogens (tertiary/aromatic N) is 5. The lowest BCUT2D eigenvalue weighted by atomic mass is 10.2. The average molecular weight is 299 g/mol. The molecule has 3 rings (SSSR count). The first kappa shape index (κ1) is 13.1. The Morgan fingerprint density at radius 3 is 2.90 bits per heavy atom. The number of halogens is 1. The highest BCUT2D eigenvalue weighted by atomic mass is 32.1. The van der Waals surface area contributed by atoms with E-state index in [-0.39, 0.29) is 5.69 Å². The first-order chi connectivity index (χ1) is 10.2. The first-order valence-electron chi connectivity index (χ1n) is 5.73. The Bertz CT molecular complexity index is 899. The topological polar surface area (TPSA) is 94.5 Å². The Hall–Kier alpha value is -2.92. The van der Waals surface area contributed by atoms with E-state index in [9.17, 15) is 4.39 Å². The van der Waals surface area contributed by atoms with E-state index in [1.54, 1.807) is 6.07 Å². The van der Waals surface area contributed by atoms with Gasteiger partial charge in [-0.2, -0.15) is 9.64 Å². The highest BCUT2D eigenvalue weighted by molar-refractivity contribution is 7.11. The van der Waals surface area contributed by atoms with Crippen LogP contribution in [0.15, 0.2) is 40.7 Å². The summed E-state index contributed by atoms with van der Waals surface area (Å²) in [5, 5.41) is 26.9. The Morgan fingerprint density at radius 2 is 2.14 bits per heavy atom. The molecule has 6 nitrogen and oxygen atoms in total. The van der Waals surface area contributed by atoms with Gasteiger partial charge in [-0.15, -0.1) is 10.2 Å². The SMILES string of the molecule is N#Cc1cnc2nsc(/N=N/c3ccc(O)c(F)c3)c2c1. The summed E-state index contributed by atoms with van der Waals surface area (Å²) in [5.74, 6) is -1.21. The molecule has 21 heavy (non-hydrogen) atoms. The van der Waals surface area contributed by atoms with Gasteiger partial charge in [-0.25, -0.2) is 9.37 Å². The molecule has 2 heterocycles. The molecule has 0 atom stereocenters. The maximum Gasteiger partial charge on any atom is 0.175 e. The minimum Gasteiger partial charge on any atom is -0.505 e. The van der Waals surface area contributed by atoms with Crippen molar-refractivity contribution in [3.05, 3.63) is 41.8 Å². The molecule has 1 aromatic carbocycles. The van der Waals surface area contributed by atoms with Crippen molar-refractivity contribution in [2.45, 2.75) is 0 Å². The van der Waals surface area contributed by atoms with Crippen LogP contribution in [0.2, 0.25) is 0 Å². The Labute approximate surface area is 122 Å². The van der Waals surface area contributed by atoms with Crippen molar-refractivity contribution in [2.75, 3.05) is 0 Å². The van der Waals surface area contributed by atoms with Gasteiger partial charge in [0.1, 0.15) is 6.07 Å². The summed E-state index contributed by atoms with van der Waals surface area (Å²) in [6.07, 6.45) is 1.43. The van der Waals surface area contributed by atoms with Crippen LogP contribution in [0.25, 0.3) is 11.0 Å². The molecule has 0 spiro atoms. The summed E-state index contributed by atoms with van der Waals surface area (Å²) in [7, 11) is 0. The van der Waals surface area contributed by atoms with Crippen molar-refractivity contribution in [3.63, 3.8) is 0 Å². The zero-order valence-corrected chi connectivity index (χ0v) is 11.2. The lowest BCUT2D eigenvalue weighted by Gasteiger charge is -1.95. The molecule has 8 heteroatoms. The average Bonchev–Trinajstić information content (AvgIpc) is 2.90. The van der Waals surface area contributed by atoms with Gasteiger partial charge >= 0.3 is 0 Å². The number of phenolic OH excluding ortho intramolecular Hbond substituents is 1. The van der Waals surface area contributed by atoms with Crippen LogP contribution in [-0.2, 0) is 0 Å². The highest BCUT2D eigenvalue weighted by Crippen LogP contribution is 2.31. The van der Waals surface area contributed by atoms with E-state index in [2.05, 4.69) is 19.6 Å². The van der Waals surface area contributed by atoms with Crippen molar-refractivity contribution in [1.29, 1.82) is 5.26 Å². The second-order valence-corrected chi connectivity index (χ2v) is 4.78. The van der Waals surface area contributed by atoms with Gasteiger partial charge in [0, 0.05) is 12.3 Å². The second kappa shape index (κ2) is 5.22. The molecule has 0 aliphatic heterocycles. The number of aromatic nitrogens is 2. The first-order valence-corrected chi connectivity index (χ1v) is 6.50. The summed E-state index contributed by atoms with van der Waals surface area (Å²) in [6.45, 7) is 0. The highest BCUT2D eigenvalue weighted by Gasteiger charge is 2.08. The number of hydrogen-bond acceptors (Lipinski definition) is 7. The van der Waals surface area contributed by atoms with Gasteiger partial charge < -0.3 is 5.11 Å². The molecule has 1 N–H and O–H groups in total. The Balaban J connectivity index is 1.99. The summed E-state index contributed by atoms with van der Waals surface area (Å²) < 4.78 is 17.3. The van der Waals surface area contributed by atoms with Gasteiger partial charge in [0.25, 0.3) is 0 Å². The van der Waals surface area contributed by atoms with Crippen molar-refractivity contribution < 1.29 is 9.50 Å². The second-order valence-electron chi connectivity index (χ2n) is 4.03. The molecule has 102 valence electrons. The maximum absolute atomic E-state index is 13.2. The molecule has 0 amide bonds. The van der Waals surface area contributed by atoms with Gasteiger partial charge in [0.15, 0.2) is 22.2 Å². The molecule has 0 bridgehead atoms. The Morgan fingerprint density at radius 1 is 1.29 bits per heavy atom. The van der Waals surface area contributed by atoms with Crippen LogP contribution in [0.1, 0.15) is 5.56 Å². The zero-order chi connectivity index (χ0) is 14.8. The molecular weight excluding hydrogens is 293 g/mol. The molecule has 2 aromatic heterocycles. The van der Waals surface area contributed by atoms with Crippen LogP contribution in [0, 0.1) is 17.1 Å². The van der Waals surface area contributed by atoms with E-state index in [1.807, 2.05) is 6.07 Å². The van der Waals surface area contributed by atoms with Crippen LogP contribution in [-0.4, -0.2) is 14.5 Å². The van der Waals surface area contributed by atoms with Gasteiger partial charge in [0.2, 0.25) is 0 Å². The Kier molecular flexibility index (Phi) is 3.25. The molecule has 0 aliphatic carbocycles. The molecular formula is C13H6FN5OS. The smallest absolute Gasteiger partial charge is 0.175 e. The van der Waals surface area contributed by atoms with Gasteiger partial charge in [0.05, 0.1) is 16.6 Å². The number of aromatic hydroxyl groups is 1. The minimum atomic E-state index is -0.769. The van der Waals surface area contributed by atoms with Gasteiger partial charge in [-0.1, -0.05) is 0 Å². The lowest BCUT2D eigenvalue weighted by Crippen LogP contribution is -1.78. The van der Waals surface area contributed by atoms with Crippen LogP contribution < -0.4 is 0 Å². The monoisotopic (exact) mass is 299 g/mol. The molecule has 0 unspecified atom stereocenters. The summed E-state index contributed by atoms with van der Waals surface area (Å²) in [4.78, 5) is 4.04. The number of fused-ring (bicyclic) bond motifs is 1. The van der Waals surface area contributed by atoms with Crippen molar-refractivity contribution in [1.82, 2.24) is 9.36 Å². The summed E-state index contributed by atoms with van der Waals surface area (Å²) in [6, 6.07) is 7.31. The maximum atomic E-state index is 13.2.